The molecule has 0 spiro atoms. The maximum absolute atomic E-state index is 12.2. The van der Waals surface area contributed by atoms with Crippen LogP contribution in [0.1, 0.15) is 36.3 Å². The standard InChI is InChI=1S/C21H26N4O/c1-15(2)9-11-22-17-7-8-20(25-14-17)21(26)23-12-10-16-13-24-19-6-4-3-5-18(16)19/h3-8,13-15,22,24H,9-12H2,1-2H3,(H,23,26). The molecule has 0 aliphatic carbocycles. The van der Waals surface area contributed by atoms with Crippen molar-refractivity contribution in [3.63, 3.8) is 0 Å². The lowest BCUT2D eigenvalue weighted by Crippen LogP contribution is -2.26. The fraction of sp³-hybridized carbons (Fsp3) is 0.333. The zero-order valence-electron chi connectivity index (χ0n) is 15.4. The highest BCUT2D eigenvalue weighted by Crippen LogP contribution is 2.17. The number of hydrogen-bond acceptors (Lipinski definition) is 3. The lowest BCUT2D eigenvalue weighted by atomic mass is 10.1. The van der Waals surface area contributed by atoms with Crippen LogP contribution >= 0.6 is 0 Å². The van der Waals surface area contributed by atoms with Crippen molar-refractivity contribution in [2.75, 3.05) is 18.4 Å². The molecule has 2 aromatic heterocycles. The van der Waals surface area contributed by atoms with E-state index in [0.29, 0.717) is 18.2 Å². The van der Waals surface area contributed by atoms with Crippen LogP contribution in [0.5, 0.6) is 0 Å². The second kappa shape index (κ2) is 8.52. The lowest BCUT2D eigenvalue weighted by Gasteiger charge is -2.09. The van der Waals surface area contributed by atoms with Gasteiger partial charge in [0.25, 0.3) is 5.91 Å². The Balaban J connectivity index is 1.48. The molecule has 5 nitrogen and oxygen atoms in total. The third kappa shape index (κ3) is 4.63. The number of anilines is 1. The first-order valence-electron chi connectivity index (χ1n) is 9.16. The Labute approximate surface area is 154 Å². The molecule has 0 fully saturated rings. The van der Waals surface area contributed by atoms with E-state index < -0.39 is 0 Å². The van der Waals surface area contributed by atoms with Crippen molar-refractivity contribution in [3.05, 3.63) is 60.0 Å². The molecule has 0 aliphatic rings. The number of carbonyl (C=O) groups is 1. The Morgan fingerprint density at radius 3 is 2.77 bits per heavy atom. The first kappa shape index (κ1) is 18.0. The van der Waals surface area contributed by atoms with Crippen LogP contribution in [0.3, 0.4) is 0 Å². The van der Waals surface area contributed by atoms with E-state index in [-0.39, 0.29) is 5.91 Å². The third-order valence-electron chi connectivity index (χ3n) is 4.40. The van der Waals surface area contributed by atoms with E-state index in [1.54, 1.807) is 12.3 Å². The van der Waals surface area contributed by atoms with Gasteiger partial charge in [0, 0.05) is 30.2 Å². The zero-order chi connectivity index (χ0) is 18.4. The van der Waals surface area contributed by atoms with Gasteiger partial charge in [0.1, 0.15) is 5.69 Å². The minimum absolute atomic E-state index is 0.140. The Hall–Kier alpha value is -2.82. The maximum Gasteiger partial charge on any atom is 0.269 e. The van der Waals surface area contributed by atoms with Crippen molar-refractivity contribution in [3.8, 4) is 0 Å². The van der Waals surface area contributed by atoms with Gasteiger partial charge >= 0.3 is 0 Å². The van der Waals surface area contributed by atoms with Crippen molar-refractivity contribution >= 4 is 22.5 Å². The van der Waals surface area contributed by atoms with Crippen molar-refractivity contribution in [2.45, 2.75) is 26.7 Å². The highest BCUT2D eigenvalue weighted by molar-refractivity contribution is 5.92. The van der Waals surface area contributed by atoms with Gasteiger partial charge in [-0.1, -0.05) is 32.0 Å². The number of para-hydroxylation sites is 1. The van der Waals surface area contributed by atoms with E-state index in [1.807, 2.05) is 24.4 Å². The minimum Gasteiger partial charge on any atom is -0.384 e. The molecule has 3 aromatic rings. The molecule has 3 N–H and O–H groups in total. The number of aromatic nitrogens is 2. The van der Waals surface area contributed by atoms with Crippen LogP contribution in [0.4, 0.5) is 5.69 Å². The number of aromatic amines is 1. The van der Waals surface area contributed by atoms with Crippen molar-refractivity contribution in [1.82, 2.24) is 15.3 Å². The zero-order valence-corrected chi connectivity index (χ0v) is 15.4. The second-order valence-corrected chi connectivity index (χ2v) is 6.91. The van der Waals surface area contributed by atoms with Gasteiger partial charge < -0.3 is 15.6 Å². The summed E-state index contributed by atoms with van der Waals surface area (Å²) in [6.07, 6.45) is 5.61. The fourth-order valence-electron chi connectivity index (χ4n) is 2.88. The number of benzene rings is 1. The van der Waals surface area contributed by atoms with Crippen LogP contribution < -0.4 is 10.6 Å². The fourth-order valence-corrected chi connectivity index (χ4v) is 2.88. The molecule has 1 amide bonds. The predicted molar refractivity (Wildman–Crippen MR) is 107 cm³/mol. The van der Waals surface area contributed by atoms with Crippen molar-refractivity contribution in [2.24, 2.45) is 5.92 Å². The number of fused-ring (bicyclic) bond motifs is 1. The number of H-pyrrole nitrogens is 1. The number of hydrogen-bond donors (Lipinski definition) is 3. The topological polar surface area (TPSA) is 69.8 Å². The number of amides is 1. The average molecular weight is 350 g/mol. The van der Waals surface area contributed by atoms with Gasteiger partial charge in [0.2, 0.25) is 0 Å². The number of carbonyl (C=O) groups excluding carboxylic acids is 1. The number of pyridine rings is 1. The third-order valence-corrected chi connectivity index (χ3v) is 4.40. The predicted octanol–water partition coefficient (Wildman–Crippen LogP) is 3.99. The van der Waals surface area contributed by atoms with Gasteiger partial charge in [0.15, 0.2) is 0 Å². The summed E-state index contributed by atoms with van der Waals surface area (Å²) in [5.41, 5.74) is 3.72. The number of nitrogens with one attached hydrogen (secondary N) is 3. The normalized spacial score (nSPS) is 11.0. The first-order chi connectivity index (χ1) is 12.6. The molecule has 1 aromatic carbocycles. The summed E-state index contributed by atoms with van der Waals surface area (Å²) in [5, 5.41) is 7.47. The van der Waals surface area contributed by atoms with E-state index >= 15 is 0 Å². The van der Waals surface area contributed by atoms with Crippen LogP contribution in [0.2, 0.25) is 0 Å². The summed E-state index contributed by atoms with van der Waals surface area (Å²) in [7, 11) is 0. The summed E-state index contributed by atoms with van der Waals surface area (Å²) in [6, 6.07) is 11.9. The first-order valence-corrected chi connectivity index (χ1v) is 9.16. The molecule has 0 saturated heterocycles. The monoisotopic (exact) mass is 350 g/mol. The van der Waals surface area contributed by atoms with E-state index in [9.17, 15) is 4.79 Å². The molecule has 5 heteroatoms. The molecule has 26 heavy (non-hydrogen) atoms. The Morgan fingerprint density at radius 1 is 1.15 bits per heavy atom. The highest BCUT2D eigenvalue weighted by Gasteiger charge is 2.08. The van der Waals surface area contributed by atoms with E-state index in [4.69, 9.17) is 0 Å². The summed E-state index contributed by atoms with van der Waals surface area (Å²) in [4.78, 5) is 19.8. The molecule has 0 aliphatic heterocycles. The van der Waals surface area contributed by atoms with Gasteiger partial charge in [-0.15, -0.1) is 0 Å². The Bertz CT molecular complexity index is 852. The summed E-state index contributed by atoms with van der Waals surface area (Å²) in [5.74, 6) is 0.524. The summed E-state index contributed by atoms with van der Waals surface area (Å²) < 4.78 is 0. The van der Waals surface area contributed by atoms with E-state index in [0.717, 1.165) is 30.6 Å². The molecule has 0 radical (unpaired) electrons. The quantitative estimate of drug-likeness (QED) is 0.575. The average Bonchev–Trinajstić information content (AvgIpc) is 3.05. The minimum atomic E-state index is -0.140. The molecular weight excluding hydrogens is 324 g/mol. The molecule has 136 valence electrons. The van der Waals surface area contributed by atoms with E-state index in [1.165, 1.54) is 10.9 Å². The number of nitrogens with zero attached hydrogens (tertiary/aromatic N) is 1. The van der Waals surface area contributed by atoms with Crippen molar-refractivity contribution in [1.29, 1.82) is 0 Å². The van der Waals surface area contributed by atoms with Gasteiger partial charge in [-0.2, -0.15) is 0 Å². The van der Waals surface area contributed by atoms with Crippen LogP contribution in [0.25, 0.3) is 10.9 Å². The Kier molecular flexibility index (Phi) is 5.89. The van der Waals surface area contributed by atoms with Gasteiger partial charge in [-0.3, -0.25) is 4.79 Å². The van der Waals surface area contributed by atoms with Crippen LogP contribution in [0.15, 0.2) is 48.8 Å². The van der Waals surface area contributed by atoms with Crippen molar-refractivity contribution < 1.29 is 4.79 Å². The lowest BCUT2D eigenvalue weighted by molar-refractivity contribution is 0.0949. The molecular formula is C21H26N4O. The molecule has 0 unspecified atom stereocenters. The molecule has 3 rings (SSSR count). The maximum atomic E-state index is 12.2. The molecule has 0 atom stereocenters. The second-order valence-electron chi connectivity index (χ2n) is 6.91. The van der Waals surface area contributed by atoms with Gasteiger partial charge in [-0.25, -0.2) is 4.98 Å². The van der Waals surface area contributed by atoms with E-state index in [2.05, 4.69) is 46.6 Å². The summed E-state index contributed by atoms with van der Waals surface area (Å²) >= 11 is 0. The smallest absolute Gasteiger partial charge is 0.269 e. The van der Waals surface area contributed by atoms with Crippen LogP contribution in [-0.4, -0.2) is 29.0 Å². The van der Waals surface area contributed by atoms with Crippen LogP contribution in [0, 0.1) is 5.92 Å². The summed E-state index contributed by atoms with van der Waals surface area (Å²) in [6.45, 7) is 5.89. The highest BCUT2D eigenvalue weighted by atomic mass is 16.1. The van der Waals surface area contributed by atoms with Gasteiger partial charge in [-0.05, 0) is 42.5 Å². The molecule has 2 heterocycles. The Morgan fingerprint density at radius 2 is 2.00 bits per heavy atom. The van der Waals surface area contributed by atoms with Gasteiger partial charge in [0.05, 0.1) is 11.9 Å². The number of rotatable bonds is 8. The molecule has 0 saturated carbocycles. The van der Waals surface area contributed by atoms with Crippen LogP contribution in [-0.2, 0) is 6.42 Å². The molecule has 0 bridgehead atoms. The largest absolute Gasteiger partial charge is 0.384 e. The SMILES string of the molecule is CC(C)CCNc1ccc(C(=O)NCCc2c[nH]c3ccccc23)nc1.